The lowest BCUT2D eigenvalue weighted by Gasteiger charge is -2.25. The molecule has 1 saturated heterocycles. The van der Waals surface area contributed by atoms with Gasteiger partial charge in [-0.1, -0.05) is 0 Å². The fraction of sp³-hybridized carbons (Fsp3) is 0.562. The Kier molecular flexibility index (Phi) is 5.74. The molecule has 0 saturated carbocycles. The number of nitrogens with zero attached hydrogens (tertiary/aromatic N) is 2. The van der Waals surface area contributed by atoms with Crippen LogP contribution < -0.4 is 4.74 Å². The maximum atomic E-state index is 12.8. The molecule has 6 heteroatoms. The second-order valence-electron chi connectivity index (χ2n) is 5.70. The number of ether oxygens (including phenoxy) is 2. The molecule has 0 N–H and O–H groups in total. The van der Waals surface area contributed by atoms with Crippen LogP contribution in [0.3, 0.4) is 0 Å². The first-order chi connectivity index (χ1) is 10.5. The number of hydrogen-bond donors (Lipinski definition) is 0. The van der Waals surface area contributed by atoms with E-state index in [-0.39, 0.29) is 24.4 Å². The molecule has 0 unspecified atom stereocenters. The minimum Gasteiger partial charge on any atom is -0.484 e. The van der Waals surface area contributed by atoms with Crippen molar-refractivity contribution in [3.63, 3.8) is 0 Å². The molecule has 1 amide bonds. The summed E-state index contributed by atoms with van der Waals surface area (Å²) in [6.45, 7) is 1.48. The van der Waals surface area contributed by atoms with Crippen LogP contribution in [0, 0.1) is 5.82 Å². The Morgan fingerprint density at radius 3 is 2.68 bits per heavy atom. The molecule has 0 aliphatic carbocycles. The van der Waals surface area contributed by atoms with Gasteiger partial charge in [0, 0.05) is 33.3 Å². The zero-order valence-electron chi connectivity index (χ0n) is 13.3. The highest BCUT2D eigenvalue weighted by atomic mass is 19.1. The van der Waals surface area contributed by atoms with Gasteiger partial charge >= 0.3 is 0 Å². The number of amides is 1. The molecule has 2 atom stereocenters. The summed E-state index contributed by atoms with van der Waals surface area (Å²) in [6, 6.07) is 5.93. The minimum atomic E-state index is -0.326. The molecule has 2 rings (SSSR count). The van der Waals surface area contributed by atoms with Gasteiger partial charge in [0.05, 0.1) is 6.10 Å². The number of hydrogen-bond acceptors (Lipinski definition) is 4. The SMILES string of the molecule is CO[C@H]1C[C@@H](CN(C)C(=O)COc2ccc(F)cc2)N(C)C1. The van der Waals surface area contributed by atoms with Gasteiger partial charge in [0.15, 0.2) is 6.61 Å². The van der Waals surface area contributed by atoms with Gasteiger partial charge in [0.1, 0.15) is 11.6 Å². The van der Waals surface area contributed by atoms with Gasteiger partial charge in [0.25, 0.3) is 5.91 Å². The highest BCUT2D eigenvalue weighted by Gasteiger charge is 2.30. The molecule has 0 aromatic heterocycles. The largest absolute Gasteiger partial charge is 0.484 e. The molecule has 1 aromatic carbocycles. The molecule has 122 valence electrons. The number of carbonyl (C=O) groups excluding carboxylic acids is 1. The first-order valence-corrected chi connectivity index (χ1v) is 7.35. The normalized spacial score (nSPS) is 21.8. The number of likely N-dealkylation sites (N-methyl/N-ethyl adjacent to an activating group) is 2. The molecule has 1 fully saturated rings. The fourth-order valence-electron chi connectivity index (χ4n) is 2.62. The molecule has 0 bridgehead atoms. The second kappa shape index (κ2) is 7.56. The van der Waals surface area contributed by atoms with Crippen molar-refractivity contribution < 1.29 is 18.7 Å². The maximum absolute atomic E-state index is 12.8. The minimum absolute atomic E-state index is 0.0493. The average molecular weight is 310 g/mol. The highest BCUT2D eigenvalue weighted by molar-refractivity contribution is 5.77. The zero-order valence-corrected chi connectivity index (χ0v) is 13.3. The van der Waals surface area contributed by atoms with Crippen LogP contribution in [0.25, 0.3) is 0 Å². The lowest BCUT2D eigenvalue weighted by atomic mass is 10.2. The standard InChI is InChI=1S/C16H23FN2O3/c1-18-10-15(21-3)8-13(18)9-19(2)16(20)11-22-14-6-4-12(17)5-7-14/h4-7,13,15H,8-11H2,1-3H3/t13-,15-/m0/s1. The van der Waals surface area contributed by atoms with Crippen LogP contribution in [0.1, 0.15) is 6.42 Å². The first kappa shape index (κ1) is 16.7. The summed E-state index contributed by atoms with van der Waals surface area (Å²) in [6.07, 6.45) is 1.15. The lowest BCUT2D eigenvalue weighted by Crippen LogP contribution is -2.41. The van der Waals surface area contributed by atoms with Crippen LogP contribution in [-0.4, -0.2) is 68.8 Å². The molecular formula is C16H23FN2O3. The fourth-order valence-corrected chi connectivity index (χ4v) is 2.62. The molecule has 1 aliphatic heterocycles. The number of carbonyl (C=O) groups is 1. The van der Waals surface area contributed by atoms with Crippen LogP contribution in [0.15, 0.2) is 24.3 Å². The predicted octanol–water partition coefficient (Wildman–Crippen LogP) is 1.38. The Balaban J connectivity index is 1.78. The van der Waals surface area contributed by atoms with Crippen molar-refractivity contribution in [1.29, 1.82) is 0 Å². The lowest BCUT2D eigenvalue weighted by molar-refractivity contribution is -0.132. The summed E-state index contributed by atoms with van der Waals surface area (Å²) in [5.74, 6) is 0.0620. The summed E-state index contributed by atoms with van der Waals surface area (Å²) < 4.78 is 23.5. The van der Waals surface area contributed by atoms with Crippen LogP contribution in [0.4, 0.5) is 4.39 Å². The van der Waals surface area contributed by atoms with Gasteiger partial charge in [-0.2, -0.15) is 0 Å². The zero-order chi connectivity index (χ0) is 16.1. The van der Waals surface area contributed by atoms with Gasteiger partial charge in [-0.15, -0.1) is 0 Å². The van der Waals surface area contributed by atoms with E-state index in [4.69, 9.17) is 9.47 Å². The van der Waals surface area contributed by atoms with E-state index in [0.717, 1.165) is 13.0 Å². The molecule has 0 spiro atoms. The van der Waals surface area contributed by atoms with E-state index >= 15 is 0 Å². The van der Waals surface area contributed by atoms with E-state index in [0.29, 0.717) is 18.3 Å². The van der Waals surface area contributed by atoms with E-state index in [1.165, 1.54) is 24.3 Å². The smallest absolute Gasteiger partial charge is 0.260 e. The third kappa shape index (κ3) is 4.42. The summed E-state index contributed by atoms with van der Waals surface area (Å²) in [4.78, 5) is 16.0. The Bertz CT molecular complexity index is 495. The number of halogens is 1. The molecular weight excluding hydrogens is 287 g/mol. The van der Waals surface area contributed by atoms with E-state index in [9.17, 15) is 9.18 Å². The van der Waals surface area contributed by atoms with E-state index in [1.54, 1.807) is 19.1 Å². The van der Waals surface area contributed by atoms with Crippen LogP contribution in [-0.2, 0) is 9.53 Å². The Labute approximate surface area is 130 Å². The van der Waals surface area contributed by atoms with Gasteiger partial charge in [0.2, 0.25) is 0 Å². The average Bonchev–Trinajstić information content (AvgIpc) is 2.86. The summed E-state index contributed by atoms with van der Waals surface area (Å²) in [7, 11) is 5.52. The van der Waals surface area contributed by atoms with Gasteiger partial charge in [-0.25, -0.2) is 4.39 Å². The molecule has 1 aliphatic rings. The van der Waals surface area contributed by atoms with Crippen molar-refractivity contribution in [3.8, 4) is 5.75 Å². The quantitative estimate of drug-likeness (QED) is 0.796. The highest BCUT2D eigenvalue weighted by Crippen LogP contribution is 2.18. The monoisotopic (exact) mass is 310 g/mol. The van der Waals surface area contributed by atoms with Crippen LogP contribution in [0.5, 0.6) is 5.75 Å². The molecule has 1 heterocycles. The number of methoxy groups -OCH3 is 1. The summed E-state index contributed by atoms with van der Waals surface area (Å²) in [5.41, 5.74) is 0. The van der Waals surface area contributed by atoms with Crippen molar-refractivity contribution in [3.05, 3.63) is 30.1 Å². The number of likely N-dealkylation sites (tertiary alicyclic amines) is 1. The van der Waals surface area contributed by atoms with Gasteiger partial charge < -0.3 is 14.4 Å². The Morgan fingerprint density at radius 2 is 2.09 bits per heavy atom. The summed E-state index contributed by atoms with van der Waals surface area (Å²) >= 11 is 0. The number of benzene rings is 1. The van der Waals surface area contributed by atoms with Crippen molar-refractivity contribution in [2.45, 2.75) is 18.6 Å². The van der Waals surface area contributed by atoms with Crippen molar-refractivity contribution in [2.75, 3.05) is 40.9 Å². The molecule has 5 nitrogen and oxygen atoms in total. The Morgan fingerprint density at radius 1 is 1.41 bits per heavy atom. The maximum Gasteiger partial charge on any atom is 0.260 e. The molecule has 1 aromatic rings. The summed E-state index contributed by atoms with van der Waals surface area (Å²) in [5, 5.41) is 0. The van der Waals surface area contributed by atoms with E-state index in [2.05, 4.69) is 4.90 Å². The van der Waals surface area contributed by atoms with Gasteiger partial charge in [-0.05, 0) is 37.7 Å². The van der Waals surface area contributed by atoms with E-state index in [1.807, 2.05) is 7.05 Å². The van der Waals surface area contributed by atoms with Crippen molar-refractivity contribution in [1.82, 2.24) is 9.80 Å². The molecule has 22 heavy (non-hydrogen) atoms. The number of rotatable bonds is 6. The van der Waals surface area contributed by atoms with Crippen LogP contribution >= 0.6 is 0 Å². The van der Waals surface area contributed by atoms with Crippen LogP contribution in [0.2, 0.25) is 0 Å². The van der Waals surface area contributed by atoms with Crippen molar-refractivity contribution in [2.24, 2.45) is 0 Å². The topological polar surface area (TPSA) is 42.0 Å². The molecule has 0 radical (unpaired) electrons. The van der Waals surface area contributed by atoms with E-state index < -0.39 is 0 Å². The second-order valence-corrected chi connectivity index (χ2v) is 5.70. The Hall–Kier alpha value is -1.66. The third-order valence-electron chi connectivity index (χ3n) is 4.07. The predicted molar refractivity (Wildman–Crippen MR) is 81.4 cm³/mol. The third-order valence-corrected chi connectivity index (χ3v) is 4.07. The van der Waals surface area contributed by atoms with Crippen molar-refractivity contribution >= 4 is 5.91 Å². The first-order valence-electron chi connectivity index (χ1n) is 7.35. The van der Waals surface area contributed by atoms with Gasteiger partial charge in [-0.3, -0.25) is 9.69 Å².